The Labute approximate surface area is 157 Å². The van der Waals surface area contributed by atoms with E-state index in [2.05, 4.69) is 5.32 Å². The van der Waals surface area contributed by atoms with Gasteiger partial charge in [-0.1, -0.05) is 0 Å². The third kappa shape index (κ3) is 5.50. The maximum Gasteiger partial charge on any atom is 0.410 e. The molecule has 1 spiro atoms. The van der Waals surface area contributed by atoms with E-state index in [9.17, 15) is 9.59 Å². The summed E-state index contributed by atoms with van der Waals surface area (Å²) in [6, 6.07) is 0. The number of carbonyl (C=O) groups excluding carboxylic acids is 2. The highest BCUT2D eigenvalue weighted by Crippen LogP contribution is 2.32. The lowest BCUT2D eigenvalue weighted by Crippen LogP contribution is -2.63. The Kier molecular flexibility index (Phi) is 6.10. The molecule has 1 unspecified atom stereocenters. The number of ether oxygens (including phenoxy) is 2. The van der Waals surface area contributed by atoms with E-state index in [1.165, 1.54) is 0 Å². The third-order valence-electron chi connectivity index (χ3n) is 4.61. The van der Waals surface area contributed by atoms with E-state index in [0.29, 0.717) is 32.7 Å². The Bertz CT molecular complexity index is 524. The van der Waals surface area contributed by atoms with E-state index in [1.54, 1.807) is 4.90 Å². The van der Waals surface area contributed by atoms with Crippen molar-refractivity contribution in [3.63, 3.8) is 0 Å². The standard InChI is InChI=1S/C19H35N3O4/c1-17(2,3)25-15(23)21-12-10-20-13-19(14-21)9-7-8-11-22(19)16(24)26-18(4,5)6/h20H,7-14H2,1-6H3. The summed E-state index contributed by atoms with van der Waals surface area (Å²) in [5, 5.41) is 3.40. The molecular weight excluding hydrogens is 334 g/mol. The van der Waals surface area contributed by atoms with Crippen molar-refractivity contribution in [3.05, 3.63) is 0 Å². The molecule has 2 amide bonds. The van der Waals surface area contributed by atoms with Gasteiger partial charge in [0, 0.05) is 32.7 Å². The zero-order chi connectivity index (χ0) is 19.6. The number of nitrogens with zero attached hydrogens (tertiary/aromatic N) is 2. The molecule has 150 valence electrons. The minimum atomic E-state index is -0.543. The molecule has 2 rings (SSSR count). The van der Waals surface area contributed by atoms with Crippen LogP contribution in [-0.4, -0.2) is 71.5 Å². The minimum Gasteiger partial charge on any atom is -0.444 e. The maximum atomic E-state index is 12.8. The second kappa shape index (κ2) is 7.62. The van der Waals surface area contributed by atoms with Gasteiger partial charge >= 0.3 is 12.2 Å². The molecule has 2 aliphatic heterocycles. The summed E-state index contributed by atoms with van der Waals surface area (Å²) in [7, 11) is 0. The quantitative estimate of drug-likeness (QED) is 0.711. The second-order valence-electron chi connectivity index (χ2n) is 9.39. The lowest BCUT2D eigenvalue weighted by molar-refractivity contribution is -0.0271. The van der Waals surface area contributed by atoms with Gasteiger partial charge in [-0.3, -0.25) is 4.90 Å². The van der Waals surface area contributed by atoms with Gasteiger partial charge in [0.15, 0.2) is 0 Å². The van der Waals surface area contributed by atoms with Crippen molar-refractivity contribution in [2.45, 2.75) is 77.5 Å². The summed E-state index contributed by atoms with van der Waals surface area (Å²) >= 11 is 0. The fourth-order valence-corrected chi connectivity index (χ4v) is 3.55. The maximum absolute atomic E-state index is 12.8. The van der Waals surface area contributed by atoms with E-state index >= 15 is 0 Å². The Hall–Kier alpha value is -1.50. The molecule has 0 aromatic rings. The molecule has 0 aromatic heterocycles. The Morgan fingerprint density at radius 2 is 1.54 bits per heavy atom. The highest BCUT2D eigenvalue weighted by atomic mass is 16.6. The molecule has 1 N–H and O–H groups in total. The predicted molar refractivity (Wildman–Crippen MR) is 100 cm³/mol. The molecular formula is C19H35N3O4. The summed E-state index contributed by atoms with van der Waals surface area (Å²) in [4.78, 5) is 29.0. The highest BCUT2D eigenvalue weighted by molar-refractivity contribution is 5.71. The van der Waals surface area contributed by atoms with Gasteiger partial charge in [-0.2, -0.15) is 0 Å². The van der Waals surface area contributed by atoms with Crippen molar-refractivity contribution in [2.75, 3.05) is 32.7 Å². The number of rotatable bonds is 0. The molecule has 2 fully saturated rings. The summed E-state index contributed by atoms with van der Waals surface area (Å²) in [6.45, 7) is 14.2. The molecule has 2 aliphatic rings. The van der Waals surface area contributed by atoms with Crippen LogP contribution in [0.4, 0.5) is 9.59 Å². The van der Waals surface area contributed by atoms with Crippen molar-refractivity contribution in [3.8, 4) is 0 Å². The first kappa shape index (κ1) is 20.8. The number of hydrogen-bond donors (Lipinski definition) is 1. The first-order valence-electron chi connectivity index (χ1n) is 9.61. The monoisotopic (exact) mass is 369 g/mol. The Morgan fingerprint density at radius 3 is 2.15 bits per heavy atom. The van der Waals surface area contributed by atoms with Crippen molar-refractivity contribution in [2.24, 2.45) is 0 Å². The zero-order valence-corrected chi connectivity index (χ0v) is 17.2. The molecule has 0 radical (unpaired) electrons. The number of nitrogens with one attached hydrogen (secondary N) is 1. The molecule has 7 heteroatoms. The molecule has 2 heterocycles. The average Bonchev–Trinajstić information content (AvgIpc) is 2.67. The summed E-state index contributed by atoms with van der Waals surface area (Å²) in [5.74, 6) is 0. The fourth-order valence-electron chi connectivity index (χ4n) is 3.55. The normalized spacial score (nSPS) is 25.0. The highest BCUT2D eigenvalue weighted by Gasteiger charge is 2.46. The summed E-state index contributed by atoms with van der Waals surface area (Å²) in [6.07, 6.45) is 2.20. The number of amides is 2. The molecule has 1 atom stereocenters. The van der Waals surface area contributed by atoms with Gasteiger partial charge < -0.3 is 19.7 Å². The van der Waals surface area contributed by atoms with E-state index in [-0.39, 0.29) is 12.2 Å². The molecule has 26 heavy (non-hydrogen) atoms. The van der Waals surface area contributed by atoms with Crippen LogP contribution in [0.1, 0.15) is 60.8 Å². The van der Waals surface area contributed by atoms with Gasteiger partial charge in [-0.05, 0) is 60.8 Å². The van der Waals surface area contributed by atoms with E-state index in [4.69, 9.17) is 9.47 Å². The number of hydrogen-bond acceptors (Lipinski definition) is 5. The SMILES string of the molecule is CC(C)(C)OC(=O)N1CCNCC2(CCCCN2C(=O)OC(C)(C)C)C1. The molecule has 7 nitrogen and oxygen atoms in total. The van der Waals surface area contributed by atoms with Crippen LogP contribution in [0, 0.1) is 0 Å². The van der Waals surface area contributed by atoms with E-state index in [1.807, 2.05) is 46.4 Å². The Morgan fingerprint density at radius 1 is 0.923 bits per heavy atom. The first-order valence-corrected chi connectivity index (χ1v) is 9.61. The van der Waals surface area contributed by atoms with Crippen molar-refractivity contribution in [1.29, 1.82) is 0 Å². The van der Waals surface area contributed by atoms with Gasteiger partial charge in [-0.25, -0.2) is 9.59 Å². The Balaban J connectivity index is 2.21. The molecule has 2 saturated heterocycles. The second-order valence-corrected chi connectivity index (χ2v) is 9.39. The van der Waals surface area contributed by atoms with Gasteiger partial charge in [0.2, 0.25) is 0 Å². The predicted octanol–water partition coefficient (Wildman–Crippen LogP) is 2.99. The van der Waals surface area contributed by atoms with Crippen LogP contribution in [0.15, 0.2) is 0 Å². The lowest BCUT2D eigenvalue weighted by atomic mass is 9.86. The van der Waals surface area contributed by atoms with Crippen LogP contribution < -0.4 is 5.32 Å². The number of piperidine rings is 1. The number of likely N-dealkylation sites (tertiary alicyclic amines) is 1. The topological polar surface area (TPSA) is 71.1 Å². The van der Waals surface area contributed by atoms with Crippen molar-refractivity contribution in [1.82, 2.24) is 15.1 Å². The van der Waals surface area contributed by atoms with Crippen LogP contribution in [-0.2, 0) is 9.47 Å². The van der Waals surface area contributed by atoms with Crippen LogP contribution in [0.3, 0.4) is 0 Å². The van der Waals surface area contributed by atoms with Crippen LogP contribution in [0.5, 0.6) is 0 Å². The van der Waals surface area contributed by atoms with Crippen molar-refractivity contribution < 1.29 is 19.1 Å². The van der Waals surface area contributed by atoms with Crippen LogP contribution in [0.2, 0.25) is 0 Å². The van der Waals surface area contributed by atoms with Crippen LogP contribution >= 0.6 is 0 Å². The van der Waals surface area contributed by atoms with Gasteiger partial charge in [0.1, 0.15) is 11.2 Å². The van der Waals surface area contributed by atoms with Crippen molar-refractivity contribution >= 4 is 12.2 Å². The molecule has 0 bridgehead atoms. The van der Waals surface area contributed by atoms with Gasteiger partial charge in [0.05, 0.1) is 5.54 Å². The van der Waals surface area contributed by atoms with Gasteiger partial charge in [-0.15, -0.1) is 0 Å². The molecule has 0 saturated carbocycles. The summed E-state index contributed by atoms with van der Waals surface area (Å²) < 4.78 is 11.2. The zero-order valence-electron chi connectivity index (χ0n) is 17.2. The molecule has 0 aromatic carbocycles. The lowest BCUT2D eigenvalue weighted by Gasteiger charge is -2.48. The van der Waals surface area contributed by atoms with Crippen LogP contribution in [0.25, 0.3) is 0 Å². The average molecular weight is 370 g/mol. The smallest absolute Gasteiger partial charge is 0.410 e. The summed E-state index contributed by atoms with van der Waals surface area (Å²) in [5.41, 5.74) is -1.53. The van der Waals surface area contributed by atoms with E-state index in [0.717, 1.165) is 19.3 Å². The third-order valence-corrected chi connectivity index (χ3v) is 4.61. The van der Waals surface area contributed by atoms with Gasteiger partial charge in [0.25, 0.3) is 0 Å². The molecule has 0 aliphatic carbocycles. The van der Waals surface area contributed by atoms with E-state index < -0.39 is 16.7 Å². The largest absolute Gasteiger partial charge is 0.444 e. The fraction of sp³-hybridized carbons (Fsp3) is 0.895. The first-order chi connectivity index (χ1) is 11.9. The minimum absolute atomic E-state index is 0.301. The number of carbonyl (C=O) groups is 2.